The average Bonchev–Trinajstić information content (AvgIpc) is 3.17. The number of nitro groups is 1. The smallest absolute Gasteiger partial charge is 0.338 e. The number of amides is 1. The summed E-state index contributed by atoms with van der Waals surface area (Å²) in [5.74, 6) is -1.45. The first-order valence-electron chi connectivity index (χ1n) is 9.74. The second-order valence-corrected chi connectivity index (χ2v) is 7.15. The van der Waals surface area contributed by atoms with Crippen molar-refractivity contribution in [2.24, 2.45) is 5.92 Å². The summed E-state index contributed by atoms with van der Waals surface area (Å²) >= 11 is 0. The molecule has 1 amide bonds. The monoisotopic (exact) mass is 396 g/mol. The van der Waals surface area contributed by atoms with E-state index in [9.17, 15) is 19.7 Å². The number of para-hydroxylation sites is 1. The van der Waals surface area contributed by atoms with Crippen LogP contribution < -0.4 is 4.90 Å². The Hall–Kier alpha value is -3.22. The van der Waals surface area contributed by atoms with Crippen LogP contribution in [0.4, 0.5) is 5.69 Å². The lowest BCUT2D eigenvalue weighted by Crippen LogP contribution is -2.42. The van der Waals surface area contributed by atoms with Crippen LogP contribution in [0.3, 0.4) is 0 Å². The number of anilines is 1. The molecule has 0 N–H and O–H groups in total. The van der Waals surface area contributed by atoms with Crippen LogP contribution in [0.1, 0.15) is 35.7 Å². The van der Waals surface area contributed by atoms with Gasteiger partial charge in [0.05, 0.1) is 12.2 Å². The molecule has 7 heteroatoms. The number of hydrogen-bond acceptors (Lipinski definition) is 5. The topological polar surface area (TPSA) is 89.8 Å². The maximum atomic E-state index is 13.1. The Kier molecular flexibility index (Phi) is 6.59. The van der Waals surface area contributed by atoms with Crippen molar-refractivity contribution in [3.63, 3.8) is 0 Å². The minimum atomic E-state index is -1.01. The van der Waals surface area contributed by atoms with Crippen LogP contribution in [0.25, 0.3) is 0 Å². The van der Waals surface area contributed by atoms with Gasteiger partial charge in [0, 0.05) is 24.1 Å². The first kappa shape index (κ1) is 20.5. The number of carbonyl (C=O) groups excluding carboxylic acids is 2. The normalized spacial score (nSPS) is 14.7. The molecular weight excluding hydrogens is 372 g/mol. The van der Waals surface area contributed by atoms with E-state index >= 15 is 0 Å². The molecule has 1 heterocycles. The molecule has 0 bridgehead atoms. The third kappa shape index (κ3) is 4.80. The molecule has 2 atom stereocenters. The number of benzene rings is 2. The third-order valence-corrected chi connectivity index (χ3v) is 5.29. The lowest BCUT2D eigenvalue weighted by atomic mass is 9.94. The Bertz CT molecular complexity index is 884. The van der Waals surface area contributed by atoms with Crippen LogP contribution in [0.15, 0.2) is 54.6 Å². The molecule has 1 aliphatic heterocycles. The van der Waals surface area contributed by atoms with Crippen LogP contribution in [-0.2, 0) is 16.0 Å². The summed E-state index contributed by atoms with van der Waals surface area (Å²) in [6.07, 6.45) is 1.40. The number of rotatable bonds is 8. The van der Waals surface area contributed by atoms with E-state index in [2.05, 4.69) is 0 Å². The van der Waals surface area contributed by atoms with Gasteiger partial charge in [-0.15, -0.1) is 0 Å². The highest BCUT2D eigenvalue weighted by molar-refractivity contribution is 5.97. The molecule has 152 valence electrons. The van der Waals surface area contributed by atoms with Gasteiger partial charge >= 0.3 is 5.97 Å². The van der Waals surface area contributed by atoms with Crippen LogP contribution in [-0.4, -0.2) is 36.0 Å². The molecule has 0 aromatic heterocycles. The van der Waals surface area contributed by atoms with E-state index in [0.29, 0.717) is 18.5 Å². The number of fused-ring (bicyclic) bond motifs is 1. The second-order valence-electron chi connectivity index (χ2n) is 7.15. The highest BCUT2D eigenvalue weighted by atomic mass is 16.6. The Balaban J connectivity index is 1.61. The van der Waals surface area contributed by atoms with E-state index in [1.807, 2.05) is 30.3 Å². The zero-order valence-corrected chi connectivity index (χ0v) is 16.3. The maximum Gasteiger partial charge on any atom is 0.338 e. The minimum Gasteiger partial charge on any atom is -0.462 e. The minimum absolute atomic E-state index is 0.110. The van der Waals surface area contributed by atoms with Crippen molar-refractivity contribution in [3.05, 3.63) is 75.8 Å². The summed E-state index contributed by atoms with van der Waals surface area (Å²) < 4.78 is 5.25. The van der Waals surface area contributed by atoms with Gasteiger partial charge in [0.1, 0.15) is 5.92 Å². The van der Waals surface area contributed by atoms with Crippen molar-refractivity contribution < 1.29 is 19.2 Å². The lowest BCUT2D eigenvalue weighted by Gasteiger charge is -2.24. The standard InChI is InChI=1S/C22H24N2O5/c1-16(24(27)28)19(11-7-15-29-22(26)18-9-3-2-4-10-18)21(25)23-14-13-17-8-5-6-12-20(17)23/h2-6,8-10,12,16,19H,7,11,13-15H2,1H3/t16-,19-/m1/s1. The molecule has 2 aromatic rings. The number of esters is 1. The molecular formula is C22H24N2O5. The fourth-order valence-corrected chi connectivity index (χ4v) is 3.61. The molecule has 2 aromatic carbocycles. The molecule has 0 unspecified atom stereocenters. The zero-order chi connectivity index (χ0) is 20.8. The first-order valence-corrected chi connectivity index (χ1v) is 9.74. The number of hydrogen-bond donors (Lipinski definition) is 0. The predicted molar refractivity (Wildman–Crippen MR) is 108 cm³/mol. The molecule has 1 aliphatic rings. The largest absolute Gasteiger partial charge is 0.462 e. The van der Waals surface area contributed by atoms with Gasteiger partial charge < -0.3 is 9.64 Å². The van der Waals surface area contributed by atoms with Crippen LogP contribution in [0.5, 0.6) is 0 Å². The lowest BCUT2D eigenvalue weighted by molar-refractivity contribution is -0.524. The Morgan fingerprint density at radius 3 is 2.55 bits per heavy atom. The molecule has 0 fully saturated rings. The van der Waals surface area contributed by atoms with Gasteiger partial charge in [-0.25, -0.2) is 4.79 Å². The molecule has 0 saturated heterocycles. The second kappa shape index (κ2) is 9.32. The highest BCUT2D eigenvalue weighted by Crippen LogP contribution is 2.30. The van der Waals surface area contributed by atoms with Gasteiger partial charge in [0.15, 0.2) is 0 Å². The number of nitrogens with zero attached hydrogens (tertiary/aromatic N) is 2. The van der Waals surface area contributed by atoms with Gasteiger partial charge in [-0.2, -0.15) is 0 Å². The van der Waals surface area contributed by atoms with Gasteiger partial charge in [-0.05, 0) is 43.0 Å². The van der Waals surface area contributed by atoms with Gasteiger partial charge in [-0.1, -0.05) is 36.4 Å². The summed E-state index contributed by atoms with van der Waals surface area (Å²) in [5, 5.41) is 11.4. The summed E-state index contributed by atoms with van der Waals surface area (Å²) in [7, 11) is 0. The van der Waals surface area contributed by atoms with Crippen LogP contribution >= 0.6 is 0 Å². The zero-order valence-electron chi connectivity index (χ0n) is 16.3. The number of ether oxygens (including phenoxy) is 1. The summed E-state index contributed by atoms with van der Waals surface area (Å²) in [5.41, 5.74) is 2.35. The first-order chi connectivity index (χ1) is 14.0. The number of carbonyl (C=O) groups is 2. The van der Waals surface area contributed by atoms with Crippen molar-refractivity contribution >= 4 is 17.6 Å². The van der Waals surface area contributed by atoms with Crippen molar-refractivity contribution in [2.45, 2.75) is 32.2 Å². The SMILES string of the molecule is C[C@H]([C@@H](CCCOC(=O)c1ccccc1)C(=O)N1CCc2ccccc21)[N+](=O)[O-]. The average molecular weight is 396 g/mol. The van der Waals surface area contributed by atoms with Crippen LogP contribution in [0, 0.1) is 16.0 Å². The van der Waals surface area contributed by atoms with E-state index in [-0.39, 0.29) is 18.9 Å². The molecule has 0 spiro atoms. The molecule has 3 rings (SSSR count). The fraction of sp³-hybridized carbons (Fsp3) is 0.364. The highest BCUT2D eigenvalue weighted by Gasteiger charge is 2.38. The Morgan fingerprint density at radius 2 is 1.83 bits per heavy atom. The van der Waals surface area contributed by atoms with Gasteiger partial charge in [-0.3, -0.25) is 14.9 Å². The Labute approximate surface area is 169 Å². The van der Waals surface area contributed by atoms with Gasteiger partial charge in [0.25, 0.3) is 0 Å². The van der Waals surface area contributed by atoms with Crippen molar-refractivity contribution in [3.8, 4) is 0 Å². The molecule has 0 saturated carbocycles. The fourth-order valence-electron chi connectivity index (χ4n) is 3.61. The van der Waals surface area contributed by atoms with Crippen LogP contribution in [0.2, 0.25) is 0 Å². The van der Waals surface area contributed by atoms with Crippen molar-refractivity contribution in [1.82, 2.24) is 0 Å². The quantitative estimate of drug-likeness (QED) is 0.295. The van der Waals surface area contributed by atoms with E-state index in [1.54, 1.807) is 29.2 Å². The van der Waals surface area contributed by atoms with E-state index in [0.717, 1.165) is 17.7 Å². The van der Waals surface area contributed by atoms with E-state index in [4.69, 9.17) is 4.74 Å². The maximum absolute atomic E-state index is 13.1. The molecule has 7 nitrogen and oxygen atoms in total. The third-order valence-electron chi connectivity index (χ3n) is 5.29. The van der Waals surface area contributed by atoms with E-state index < -0.39 is 22.9 Å². The molecule has 29 heavy (non-hydrogen) atoms. The summed E-state index contributed by atoms with van der Waals surface area (Å²) in [6.45, 7) is 2.10. The van der Waals surface area contributed by atoms with Crippen molar-refractivity contribution in [2.75, 3.05) is 18.1 Å². The van der Waals surface area contributed by atoms with Crippen molar-refractivity contribution in [1.29, 1.82) is 0 Å². The molecule has 0 radical (unpaired) electrons. The summed E-state index contributed by atoms with van der Waals surface area (Å²) in [4.78, 5) is 37.7. The summed E-state index contributed by atoms with van der Waals surface area (Å²) in [6, 6.07) is 15.2. The van der Waals surface area contributed by atoms with Gasteiger partial charge in [0.2, 0.25) is 11.9 Å². The molecule has 0 aliphatic carbocycles. The van der Waals surface area contributed by atoms with E-state index in [1.165, 1.54) is 6.92 Å². The predicted octanol–water partition coefficient (Wildman–Crippen LogP) is 3.49. The Morgan fingerprint density at radius 1 is 1.14 bits per heavy atom.